The molecular formula is C15H19ClN2O. The third kappa shape index (κ3) is 2.63. The number of carbonyl (C=O) groups is 1. The van der Waals surface area contributed by atoms with E-state index >= 15 is 0 Å². The summed E-state index contributed by atoms with van der Waals surface area (Å²) in [5.41, 5.74) is 1.71. The molecule has 3 nitrogen and oxygen atoms in total. The lowest BCUT2D eigenvalue weighted by Gasteiger charge is -2.24. The summed E-state index contributed by atoms with van der Waals surface area (Å²) in [5, 5.41) is 4.31. The van der Waals surface area contributed by atoms with Crippen molar-refractivity contribution in [2.45, 2.75) is 38.3 Å². The van der Waals surface area contributed by atoms with Gasteiger partial charge >= 0.3 is 0 Å². The van der Waals surface area contributed by atoms with Crippen LogP contribution in [0.5, 0.6) is 0 Å². The van der Waals surface area contributed by atoms with Gasteiger partial charge in [-0.3, -0.25) is 4.79 Å². The molecule has 4 heteroatoms. The second-order valence-electron chi connectivity index (χ2n) is 5.64. The van der Waals surface area contributed by atoms with Crippen molar-refractivity contribution in [3.63, 3.8) is 0 Å². The highest BCUT2D eigenvalue weighted by Gasteiger charge is 2.31. The average molecular weight is 279 g/mol. The molecule has 1 N–H and O–H groups in total. The average Bonchev–Trinajstić information content (AvgIpc) is 2.72. The standard InChI is InChI=1S/C15H19ClN2O/c1-10-8-11(2-5-14(10)16)15(19)18-7-6-12-3-4-13(9-18)17-12/h2,5,8,12-13,17H,3-4,6-7,9H2,1H3. The van der Waals surface area contributed by atoms with E-state index in [-0.39, 0.29) is 5.91 Å². The molecule has 0 aromatic heterocycles. The molecule has 2 heterocycles. The molecule has 19 heavy (non-hydrogen) atoms. The third-order valence-electron chi connectivity index (χ3n) is 4.22. The normalized spacial score (nSPS) is 26.3. The van der Waals surface area contributed by atoms with Gasteiger partial charge in [-0.25, -0.2) is 0 Å². The second-order valence-corrected chi connectivity index (χ2v) is 6.05. The number of likely N-dealkylation sites (tertiary alicyclic amines) is 1. The van der Waals surface area contributed by atoms with Gasteiger partial charge in [-0.1, -0.05) is 11.6 Å². The molecule has 0 spiro atoms. The number of fused-ring (bicyclic) bond motifs is 2. The van der Waals surface area contributed by atoms with Crippen molar-refractivity contribution < 1.29 is 4.79 Å². The fraction of sp³-hybridized carbons (Fsp3) is 0.533. The van der Waals surface area contributed by atoms with E-state index < -0.39 is 0 Å². The van der Waals surface area contributed by atoms with Crippen LogP contribution in [0.15, 0.2) is 18.2 Å². The Morgan fingerprint density at radius 2 is 2.11 bits per heavy atom. The molecule has 1 aromatic rings. The van der Waals surface area contributed by atoms with Crippen LogP contribution in [0.3, 0.4) is 0 Å². The Hall–Kier alpha value is -1.06. The van der Waals surface area contributed by atoms with Crippen LogP contribution < -0.4 is 5.32 Å². The number of halogens is 1. The minimum absolute atomic E-state index is 0.133. The topological polar surface area (TPSA) is 32.3 Å². The summed E-state index contributed by atoms with van der Waals surface area (Å²) >= 11 is 6.01. The first-order chi connectivity index (χ1) is 9.13. The van der Waals surface area contributed by atoms with E-state index in [1.807, 2.05) is 30.0 Å². The SMILES string of the molecule is Cc1cc(C(=O)N2CCC3CCC(C2)N3)ccc1Cl. The van der Waals surface area contributed by atoms with Crippen molar-refractivity contribution in [2.75, 3.05) is 13.1 Å². The monoisotopic (exact) mass is 278 g/mol. The van der Waals surface area contributed by atoms with Gasteiger partial charge in [-0.15, -0.1) is 0 Å². The molecule has 102 valence electrons. The van der Waals surface area contributed by atoms with E-state index in [0.29, 0.717) is 17.1 Å². The highest BCUT2D eigenvalue weighted by molar-refractivity contribution is 6.31. The van der Waals surface area contributed by atoms with E-state index in [0.717, 1.165) is 30.6 Å². The Balaban J connectivity index is 1.77. The van der Waals surface area contributed by atoms with Gasteiger partial charge in [0, 0.05) is 35.8 Å². The molecular weight excluding hydrogens is 260 g/mol. The first-order valence-corrected chi connectivity index (χ1v) is 7.33. The molecule has 3 rings (SSSR count). The van der Waals surface area contributed by atoms with Gasteiger partial charge in [-0.05, 0) is 49.9 Å². The van der Waals surface area contributed by atoms with Crippen molar-refractivity contribution in [3.8, 4) is 0 Å². The Kier molecular flexibility index (Phi) is 3.50. The largest absolute Gasteiger partial charge is 0.337 e. The first kappa shape index (κ1) is 12.9. The summed E-state index contributed by atoms with van der Waals surface area (Å²) in [7, 11) is 0. The molecule has 2 saturated heterocycles. The number of rotatable bonds is 1. The first-order valence-electron chi connectivity index (χ1n) is 6.95. The molecule has 0 aliphatic carbocycles. The van der Waals surface area contributed by atoms with Crippen LogP contribution in [-0.2, 0) is 0 Å². The number of amides is 1. The highest BCUT2D eigenvalue weighted by Crippen LogP contribution is 2.23. The Morgan fingerprint density at radius 3 is 2.89 bits per heavy atom. The van der Waals surface area contributed by atoms with E-state index in [2.05, 4.69) is 5.32 Å². The van der Waals surface area contributed by atoms with Crippen LogP contribution in [0.2, 0.25) is 5.02 Å². The minimum Gasteiger partial charge on any atom is -0.337 e. The van der Waals surface area contributed by atoms with Crippen molar-refractivity contribution >= 4 is 17.5 Å². The molecule has 2 unspecified atom stereocenters. The Bertz CT molecular complexity index is 503. The fourth-order valence-corrected chi connectivity index (χ4v) is 3.21. The number of hydrogen-bond acceptors (Lipinski definition) is 2. The third-order valence-corrected chi connectivity index (χ3v) is 4.64. The van der Waals surface area contributed by atoms with E-state index in [1.54, 1.807) is 0 Å². The summed E-state index contributed by atoms with van der Waals surface area (Å²) in [4.78, 5) is 14.5. The van der Waals surface area contributed by atoms with Crippen molar-refractivity contribution in [1.82, 2.24) is 10.2 Å². The second kappa shape index (κ2) is 5.14. The zero-order valence-corrected chi connectivity index (χ0v) is 11.9. The van der Waals surface area contributed by atoms with E-state index in [4.69, 9.17) is 11.6 Å². The number of aryl methyl sites for hydroxylation is 1. The zero-order chi connectivity index (χ0) is 13.4. The molecule has 2 aliphatic heterocycles. The minimum atomic E-state index is 0.133. The van der Waals surface area contributed by atoms with Gasteiger partial charge in [0.1, 0.15) is 0 Å². The van der Waals surface area contributed by atoms with Crippen LogP contribution >= 0.6 is 11.6 Å². The molecule has 2 aliphatic rings. The maximum absolute atomic E-state index is 12.5. The summed E-state index contributed by atoms with van der Waals surface area (Å²) in [5.74, 6) is 0.133. The van der Waals surface area contributed by atoms with Crippen molar-refractivity contribution in [2.24, 2.45) is 0 Å². The van der Waals surface area contributed by atoms with Crippen LogP contribution in [0.25, 0.3) is 0 Å². The summed E-state index contributed by atoms with van der Waals surface area (Å²) in [6.07, 6.45) is 3.51. The van der Waals surface area contributed by atoms with Gasteiger partial charge < -0.3 is 10.2 Å². The summed E-state index contributed by atoms with van der Waals surface area (Å²) in [6, 6.07) is 6.61. The van der Waals surface area contributed by atoms with Crippen molar-refractivity contribution in [3.05, 3.63) is 34.3 Å². The number of hydrogen-bond donors (Lipinski definition) is 1. The van der Waals surface area contributed by atoms with E-state index in [1.165, 1.54) is 12.8 Å². The molecule has 0 saturated carbocycles. The highest BCUT2D eigenvalue weighted by atomic mass is 35.5. The maximum Gasteiger partial charge on any atom is 0.253 e. The number of carbonyl (C=O) groups excluding carboxylic acids is 1. The molecule has 1 amide bonds. The lowest BCUT2D eigenvalue weighted by Crippen LogP contribution is -2.39. The van der Waals surface area contributed by atoms with Gasteiger partial charge in [0.25, 0.3) is 5.91 Å². The predicted molar refractivity (Wildman–Crippen MR) is 76.7 cm³/mol. The Morgan fingerprint density at radius 1 is 1.32 bits per heavy atom. The lowest BCUT2D eigenvalue weighted by atomic mass is 10.1. The lowest BCUT2D eigenvalue weighted by molar-refractivity contribution is 0.0748. The summed E-state index contributed by atoms with van der Waals surface area (Å²) < 4.78 is 0. The molecule has 2 fully saturated rings. The summed E-state index contributed by atoms with van der Waals surface area (Å²) in [6.45, 7) is 3.62. The molecule has 2 bridgehead atoms. The van der Waals surface area contributed by atoms with Gasteiger partial charge in [0.2, 0.25) is 0 Å². The van der Waals surface area contributed by atoms with Crippen LogP contribution in [0, 0.1) is 6.92 Å². The maximum atomic E-state index is 12.5. The molecule has 2 atom stereocenters. The van der Waals surface area contributed by atoms with Crippen LogP contribution in [-0.4, -0.2) is 36.0 Å². The van der Waals surface area contributed by atoms with Gasteiger partial charge in [-0.2, -0.15) is 0 Å². The van der Waals surface area contributed by atoms with Crippen LogP contribution in [0.4, 0.5) is 0 Å². The van der Waals surface area contributed by atoms with Crippen molar-refractivity contribution in [1.29, 1.82) is 0 Å². The van der Waals surface area contributed by atoms with Crippen LogP contribution in [0.1, 0.15) is 35.2 Å². The predicted octanol–water partition coefficient (Wildman–Crippen LogP) is 2.61. The van der Waals surface area contributed by atoms with Gasteiger partial charge in [0.15, 0.2) is 0 Å². The van der Waals surface area contributed by atoms with Gasteiger partial charge in [0.05, 0.1) is 0 Å². The number of nitrogens with zero attached hydrogens (tertiary/aromatic N) is 1. The molecule has 0 radical (unpaired) electrons. The number of benzene rings is 1. The fourth-order valence-electron chi connectivity index (χ4n) is 3.09. The number of nitrogens with one attached hydrogen (secondary N) is 1. The quantitative estimate of drug-likeness (QED) is 0.856. The smallest absolute Gasteiger partial charge is 0.253 e. The Labute approximate surface area is 118 Å². The van der Waals surface area contributed by atoms with E-state index in [9.17, 15) is 4.79 Å². The zero-order valence-electron chi connectivity index (χ0n) is 11.2. The molecule has 1 aromatic carbocycles.